The number of benzene rings is 1. The Morgan fingerprint density at radius 2 is 1.83 bits per heavy atom. The third-order valence-corrected chi connectivity index (χ3v) is 5.28. The number of hydrogen-bond donors (Lipinski definition) is 0. The van der Waals surface area contributed by atoms with Crippen molar-refractivity contribution in [3.63, 3.8) is 0 Å². The molecule has 0 amide bonds. The van der Waals surface area contributed by atoms with Gasteiger partial charge >= 0.3 is 0 Å². The maximum absolute atomic E-state index is 12.6. The Labute approximate surface area is 175 Å². The number of hydrogen-bond acceptors (Lipinski definition) is 6. The van der Waals surface area contributed by atoms with E-state index in [0.717, 1.165) is 41.2 Å². The van der Waals surface area contributed by atoms with Gasteiger partial charge in [-0.1, -0.05) is 6.08 Å². The highest BCUT2D eigenvalue weighted by atomic mass is 16.5. The molecule has 0 saturated heterocycles. The first-order valence-corrected chi connectivity index (χ1v) is 9.75. The van der Waals surface area contributed by atoms with Crippen LogP contribution in [-0.2, 0) is 7.05 Å². The van der Waals surface area contributed by atoms with Crippen LogP contribution in [0.5, 0.6) is 11.5 Å². The number of methoxy groups -OCH3 is 2. The molecule has 1 aliphatic rings. The highest BCUT2D eigenvalue weighted by Crippen LogP contribution is 2.33. The zero-order valence-corrected chi connectivity index (χ0v) is 17.3. The van der Waals surface area contributed by atoms with Gasteiger partial charge in [0.15, 0.2) is 0 Å². The summed E-state index contributed by atoms with van der Waals surface area (Å²) in [6, 6.07) is 11.1. The molecule has 30 heavy (non-hydrogen) atoms. The summed E-state index contributed by atoms with van der Waals surface area (Å²) < 4.78 is 12.5. The molecular formula is C23H24N4O3. The zero-order valence-electron chi connectivity index (χ0n) is 17.3. The molecule has 154 valence electrons. The lowest BCUT2D eigenvalue weighted by Gasteiger charge is -2.30. The van der Waals surface area contributed by atoms with Crippen molar-refractivity contribution in [2.24, 2.45) is 7.05 Å². The molecule has 1 aliphatic heterocycles. The summed E-state index contributed by atoms with van der Waals surface area (Å²) in [7, 11) is 5.05. The summed E-state index contributed by atoms with van der Waals surface area (Å²) in [6.07, 6.45) is 6.46. The van der Waals surface area contributed by atoms with Crippen molar-refractivity contribution in [3.05, 3.63) is 70.8 Å². The Bertz CT molecular complexity index is 1140. The predicted octanol–water partition coefficient (Wildman–Crippen LogP) is 3.15. The van der Waals surface area contributed by atoms with E-state index in [2.05, 4.69) is 16.0 Å². The van der Waals surface area contributed by atoms with Gasteiger partial charge in [-0.3, -0.25) is 14.3 Å². The molecular weight excluding hydrogens is 380 g/mol. The maximum atomic E-state index is 12.6. The largest absolute Gasteiger partial charge is 0.497 e. The van der Waals surface area contributed by atoms with Crippen LogP contribution in [0.3, 0.4) is 0 Å². The van der Waals surface area contributed by atoms with Crippen LogP contribution in [0.4, 0.5) is 5.95 Å². The van der Waals surface area contributed by atoms with E-state index in [-0.39, 0.29) is 5.56 Å². The SMILES string of the molecule is COc1ccc(C2=CCCN(c3nc(-c4ccncc4)cc(=O)n3C)C2)c(OC)c1. The van der Waals surface area contributed by atoms with Gasteiger partial charge < -0.3 is 14.4 Å². The highest BCUT2D eigenvalue weighted by Gasteiger charge is 2.21. The first kappa shape index (κ1) is 19.7. The quantitative estimate of drug-likeness (QED) is 0.651. The minimum atomic E-state index is -0.0926. The van der Waals surface area contributed by atoms with Gasteiger partial charge in [0, 0.05) is 55.8 Å². The second-order valence-electron chi connectivity index (χ2n) is 7.08. The van der Waals surface area contributed by atoms with Crippen LogP contribution in [-0.4, -0.2) is 41.8 Å². The third-order valence-electron chi connectivity index (χ3n) is 5.28. The third kappa shape index (κ3) is 3.78. The van der Waals surface area contributed by atoms with Crippen molar-refractivity contribution in [2.75, 3.05) is 32.2 Å². The number of rotatable bonds is 5. The molecule has 0 atom stereocenters. The highest BCUT2D eigenvalue weighted by molar-refractivity contribution is 5.75. The monoisotopic (exact) mass is 404 g/mol. The molecule has 2 aromatic heterocycles. The molecule has 0 bridgehead atoms. The van der Waals surface area contributed by atoms with Gasteiger partial charge in [0.05, 0.1) is 19.9 Å². The van der Waals surface area contributed by atoms with Crippen molar-refractivity contribution < 1.29 is 9.47 Å². The molecule has 1 aromatic carbocycles. The fourth-order valence-corrected chi connectivity index (χ4v) is 3.65. The van der Waals surface area contributed by atoms with E-state index in [1.807, 2.05) is 30.3 Å². The lowest BCUT2D eigenvalue weighted by molar-refractivity contribution is 0.393. The topological polar surface area (TPSA) is 69.5 Å². The zero-order chi connectivity index (χ0) is 21.1. The number of ether oxygens (including phenoxy) is 2. The number of anilines is 1. The van der Waals surface area contributed by atoms with Crippen molar-refractivity contribution in [2.45, 2.75) is 6.42 Å². The number of aromatic nitrogens is 3. The van der Waals surface area contributed by atoms with E-state index in [1.165, 1.54) is 0 Å². The predicted molar refractivity (Wildman–Crippen MR) is 117 cm³/mol. The average molecular weight is 404 g/mol. The van der Waals surface area contributed by atoms with E-state index in [1.54, 1.807) is 44.3 Å². The summed E-state index contributed by atoms with van der Waals surface area (Å²) >= 11 is 0. The van der Waals surface area contributed by atoms with Crippen LogP contribution in [0.2, 0.25) is 0 Å². The Morgan fingerprint density at radius 1 is 1.03 bits per heavy atom. The average Bonchev–Trinajstić information content (AvgIpc) is 2.81. The van der Waals surface area contributed by atoms with E-state index in [0.29, 0.717) is 18.2 Å². The van der Waals surface area contributed by atoms with Gasteiger partial charge in [-0.25, -0.2) is 4.98 Å². The molecule has 0 saturated carbocycles. The Hall–Kier alpha value is -3.61. The molecule has 0 fully saturated rings. The Morgan fingerprint density at radius 3 is 2.57 bits per heavy atom. The van der Waals surface area contributed by atoms with Crippen LogP contribution in [0.25, 0.3) is 16.8 Å². The van der Waals surface area contributed by atoms with Crippen molar-refractivity contribution >= 4 is 11.5 Å². The molecule has 0 aliphatic carbocycles. The second kappa shape index (κ2) is 8.41. The van der Waals surface area contributed by atoms with E-state index in [4.69, 9.17) is 14.5 Å². The minimum Gasteiger partial charge on any atom is -0.497 e. The summed E-state index contributed by atoms with van der Waals surface area (Å²) in [5, 5.41) is 0. The number of nitrogens with zero attached hydrogens (tertiary/aromatic N) is 4. The van der Waals surface area contributed by atoms with E-state index >= 15 is 0 Å². The Kier molecular flexibility index (Phi) is 5.52. The van der Waals surface area contributed by atoms with Gasteiger partial charge in [0.25, 0.3) is 5.56 Å². The van der Waals surface area contributed by atoms with Crippen LogP contribution >= 0.6 is 0 Å². The van der Waals surface area contributed by atoms with Crippen LogP contribution in [0.1, 0.15) is 12.0 Å². The molecule has 0 radical (unpaired) electrons. The van der Waals surface area contributed by atoms with Crippen LogP contribution in [0, 0.1) is 0 Å². The fraction of sp³-hybridized carbons (Fsp3) is 0.261. The molecule has 3 heterocycles. The first-order valence-electron chi connectivity index (χ1n) is 9.75. The normalized spacial score (nSPS) is 13.7. The van der Waals surface area contributed by atoms with Gasteiger partial charge in [-0.2, -0.15) is 0 Å². The lowest BCUT2D eigenvalue weighted by atomic mass is 10.00. The number of pyridine rings is 1. The molecule has 3 aromatic rings. The molecule has 0 unspecified atom stereocenters. The minimum absolute atomic E-state index is 0.0926. The molecule has 4 rings (SSSR count). The first-order chi connectivity index (χ1) is 14.6. The molecule has 0 spiro atoms. The van der Waals surface area contributed by atoms with Crippen molar-refractivity contribution in [1.29, 1.82) is 0 Å². The van der Waals surface area contributed by atoms with Gasteiger partial charge in [-0.15, -0.1) is 0 Å². The fourth-order valence-electron chi connectivity index (χ4n) is 3.65. The van der Waals surface area contributed by atoms with E-state index < -0.39 is 0 Å². The standard InChI is InChI=1S/C23H24N4O3/c1-26-22(28)14-20(16-8-10-24-11-9-16)25-23(26)27-12-4-5-17(15-27)19-7-6-18(29-2)13-21(19)30-3/h5-11,13-14H,4,12,15H2,1-3H3. The van der Waals surface area contributed by atoms with E-state index in [9.17, 15) is 4.79 Å². The smallest absolute Gasteiger partial charge is 0.255 e. The summed E-state index contributed by atoms with van der Waals surface area (Å²) in [5.74, 6) is 2.15. The molecule has 0 N–H and O–H groups in total. The van der Waals surface area contributed by atoms with Crippen molar-refractivity contribution in [3.8, 4) is 22.8 Å². The second-order valence-corrected chi connectivity index (χ2v) is 7.08. The maximum Gasteiger partial charge on any atom is 0.255 e. The van der Waals surface area contributed by atoms with Gasteiger partial charge in [0.2, 0.25) is 5.95 Å². The Balaban J connectivity index is 1.69. The molecule has 7 nitrogen and oxygen atoms in total. The van der Waals surface area contributed by atoms with Gasteiger partial charge in [0.1, 0.15) is 11.5 Å². The summed E-state index contributed by atoms with van der Waals surface area (Å²) in [6.45, 7) is 1.41. The summed E-state index contributed by atoms with van der Waals surface area (Å²) in [5.41, 5.74) is 3.56. The van der Waals surface area contributed by atoms with Gasteiger partial charge in [-0.05, 0) is 36.3 Å². The lowest BCUT2D eigenvalue weighted by Crippen LogP contribution is -2.35. The van der Waals surface area contributed by atoms with Crippen LogP contribution in [0.15, 0.2) is 59.7 Å². The van der Waals surface area contributed by atoms with Crippen molar-refractivity contribution in [1.82, 2.24) is 14.5 Å². The summed E-state index contributed by atoms with van der Waals surface area (Å²) in [4.78, 5) is 23.6. The van der Waals surface area contributed by atoms with Crippen LogP contribution < -0.4 is 19.9 Å². The molecule has 7 heteroatoms.